The quantitative estimate of drug-likeness (QED) is 0.325. The highest BCUT2D eigenvalue weighted by atomic mass is 32.1. The first kappa shape index (κ1) is 19.2. The van der Waals surface area contributed by atoms with E-state index in [0.717, 1.165) is 33.2 Å². The second-order valence-corrected chi connectivity index (χ2v) is 8.01. The first-order chi connectivity index (χ1) is 15.2. The number of hydrogen-bond donors (Lipinski definition) is 1. The van der Waals surface area contributed by atoms with Crippen molar-refractivity contribution < 1.29 is 9.13 Å². The Labute approximate surface area is 183 Å². The average Bonchev–Trinajstić information content (AvgIpc) is 3.42. The molecule has 0 saturated heterocycles. The molecule has 3 heterocycles. The van der Waals surface area contributed by atoms with Gasteiger partial charge in [-0.1, -0.05) is 18.2 Å². The summed E-state index contributed by atoms with van der Waals surface area (Å²) in [6.45, 7) is 2.06. The topological polar surface area (TPSA) is 50.8 Å². The molecule has 0 aliphatic rings. The van der Waals surface area contributed by atoms with Crippen molar-refractivity contribution in [1.82, 2.24) is 15.0 Å². The fourth-order valence-corrected chi connectivity index (χ4v) is 4.14. The number of para-hydroxylation sites is 1. The number of pyridine rings is 1. The summed E-state index contributed by atoms with van der Waals surface area (Å²) in [7, 11) is 0. The first-order valence-corrected chi connectivity index (χ1v) is 10.6. The third-order valence-corrected chi connectivity index (χ3v) is 5.83. The summed E-state index contributed by atoms with van der Waals surface area (Å²) in [5.41, 5.74) is 4.47. The highest BCUT2D eigenvalue weighted by Gasteiger charge is 2.17. The molecule has 0 radical (unpaired) electrons. The molecule has 5 aromatic rings. The molecule has 0 aliphatic carbocycles. The van der Waals surface area contributed by atoms with Crippen molar-refractivity contribution in [3.8, 4) is 44.8 Å². The van der Waals surface area contributed by atoms with Gasteiger partial charge in [-0.25, -0.2) is 14.4 Å². The smallest absolute Gasteiger partial charge is 0.219 e. The number of H-pyrrole nitrogens is 1. The molecule has 0 aliphatic heterocycles. The van der Waals surface area contributed by atoms with Gasteiger partial charge >= 0.3 is 0 Å². The van der Waals surface area contributed by atoms with Crippen LogP contribution in [0.4, 0.5) is 4.39 Å². The Bertz CT molecular complexity index is 1330. The fourth-order valence-electron chi connectivity index (χ4n) is 3.30. The lowest BCUT2D eigenvalue weighted by molar-refractivity contribution is 0.463. The molecule has 1 N–H and O–H groups in total. The lowest BCUT2D eigenvalue weighted by Gasteiger charge is -2.07. The second kappa shape index (κ2) is 8.16. The summed E-state index contributed by atoms with van der Waals surface area (Å²) in [6.07, 6.45) is 1.71. The van der Waals surface area contributed by atoms with Gasteiger partial charge in [0, 0.05) is 23.4 Å². The molecule has 0 spiro atoms. The van der Waals surface area contributed by atoms with Crippen LogP contribution in [0.3, 0.4) is 0 Å². The fraction of sp³-hybridized carbons (Fsp3) is 0.0400. The zero-order valence-corrected chi connectivity index (χ0v) is 17.5. The van der Waals surface area contributed by atoms with Gasteiger partial charge in [0.25, 0.3) is 0 Å². The molecule has 0 bridgehead atoms. The molecule has 6 heteroatoms. The minimum absolute atomic E-state index is 0.280. The second-order valence-electron chi connectivity index (χ2n) is 7.10. The number of aryl methyl sites for hydroxylation is 1. The number of aromatic amines is 1. The first-order valence-electron chi connectivity index (χ1n) is 9.76. The van der Waals surface area contributed by atoms with Gasteiger partial charge in [0.05, 0.1) is 16.3 Å². The zero-order valence-electron chi connectivity index (χ0n) is 16.7. The van der Waals surface area contributed by atoms with E-state index in [-0.39, 0.29) is 5.82 Å². The molecule has 4 nitrogen and oxygen atoms in total. The predicted molar refractivity (Wildman–Crippen MR) is 122 cm³/mol. The van der Waals surface area contributed by atoms with Gasteiger partial charge in [0.15, 0.2) is 0 Å². The molecular weight excluding hydrogens is 409 g/mol. The number of ether oxygens (including phenoxy) is 1. The molecule has 2 aromatic carbocycles. The Hall–Kier alpha value is -3.77. The van der Waals surface area contributed by atoms with E-state index in [1.807, 2.05) is 42.5 Å². The molecule has 3 aromatic heterocycles. The van der Waals surface area contributed by atoms with Crippen LogP contribution >= 0.6 is 11.3 Å². The van der Waals surface area contributed by atoms with Gasteiger partial charge in [0.2, 0.25) is 5.88 Å². The minimum Gasteiger partial charge on any atom is -0.439 e. The SMILES string of the molecule is Cc1csc(-c2nc(-c3ccc(F)cc3)c(-c3ccnc(Oc4ccccc4)c3)[nH]2)c1. The van der Waals surface area contributed by atoms with Crippen LogP contribution in [0.25, 0.3) is 33.2 Å². The lowest BCUT2D eigenvalue weighted by Crippen LogP contribution is -1.90. The third-order valence-electron chi connectivity index (χ3n) is 4.77. The van der Waals surface area contributed by atoms with Crippen LogP contribution in [0.1, 0.15) is 5.56 Å². The van der Waals surface area contributed by atoms with E-state index in [1.54, 1.807) is 29.7 Å². The van der Waals surface area contributed by atoms with E-state index in [1.165, 1.54) is 17.7 Å². The number of aromatic nitrogens is 3. The van der Waals surface area contributed by atoms with Crippen molar-refractivity contribution in [2.24, 2.45) is 0 Å². The maximum Gasteiger partial charge on any atom is 0.219 e. The van der Waals surface area contributed by atoms with Crippen molar-refractivity contribution in [1.29, 1.82) is 0 Å². The average molecular weight is 428 g/mol. The van der Waals surface area contributed by atoms with E-state index in [4.69, 9.17) is 9.72 Å². The van der Waals surface area contributed by atoms with E-state index in [9.17, 15) is 4.39 Å². The standard InChI is InChI=1S/C25H18FN3OS/c1-16-13-21(31-15-16)25-28-23(17-7-9-19(26)10-8-17)24(29-25)18-11-12-27-22(14-18)30-20-5-3-2-4-6-20/h2-15H,1H3,(H,28,29). The number of rotatable bonds is 5. The monoisotopic (exact) mass is 427 g/mol. The van der Waals surface area contributed by atoms with E-state index < -0.39 is 0 Å². The van der Waals surface area contributed by atoms with Crippen LogP contribution in [0.2, 0.25) is 0 Å². The molecular formula is C25H18FN3OS. The van der Waals surface area contributed by atoms with Crippen molar-refractivity contribution in [3.63, 3.8) is 0 Å². The Morgan fingerprint density at radius 2 is 1.74 bits per heavy atom. The number of nitrogens with one attached hydrogen (secondary N) is 1. The van der Waals surface area contributed by atoms with Gasteiger partial charge in [-0.05, 0) is 66.4 Å². The largest absolute Gasteiger partial charge is 0.439 e. The number of thiophene rings is 1. The molecule has 0 unspecified atom stereocenters. The van der Waals surface area contributed by atoms with Crippen molar-refractivity contribution in [2.45, 2.75) is 6.92 Å². The molecule has 0 atom stereocenters. The van der Waals surface area contributed by atoms with Crippen molar-refractivity contribution in [3.05, 3.63) is 95.8 Å². The molecule has 152 valence electrons. The van der Waals surface area contributed by atoms with E-state index >= 15 is 0 Å². The van der Waals surface area contributed by atoms with E-state index in [2.05, 4.69) is 28.3 Å². The van der Waals surface area contributed by atoms with Gasteiger partial charge in [-0.3, -0.25) is 0 Å². The number of imidazole rings is 1. The predicted octanol–water partition coefficient (Wildman–Crippen LogP) is 7.11. The minimum atomic E-state index is -0.280. The van der Waals surface area contributed by atoms with Crippen LogP contribution in [-0.2, 0) is 0 Å². The third kappa shape index (κ3) is 4.11. The van der Waals surface area contributed by atoms with Crippen LogP contribution < -0.4 is 4.74 Å². The maximum absolute atomic E-state index is 13.5. The zero-order chi connectivity index (χ0) is 21.2. The van der Waals surface area contributed by atoms with Crippen molar-refractivity contribution >= 4 is 11.3 Å². The molecule has 5 rings (SSSR count). The highest BCUT2D eigenvalue weighted by Crippen LogP contribution is 2.36. The summed E-state index contributed by atoms with van der Waals surface area (Å²) in [5.74, 6) is 1.69. The highest BCUT2D eigenvalue weighted by molar-refractivity contribution is 7.13. The van der Waals surface area contributed by atoms with E-state index in [0.29, 0.717) is 11.6 Å². The maximum atomic E-state index is 13.5. The normalized spacial score (nSPS) is 10.9. The van der Waals surface area contributed by atoms with Gasteiger partial charge in [0.1, 0.15) is 17.4 Å². The lowest BCUT2D eigenvalue weighted by atomic mass is 10.1. The number of benzene rings is 2. The van der Waals surface area contributed by atoms with Gasteiger partial charge in [-0.15, -0.1) is 11.3 Å². The molecule has 0 fully saturated rings. The summed E-state index contributed by atoms with van der Waals surface area (Å²) in [6, 6.07) is 21.8. The summed E-state index contributed by atoms with van der Waals surface area (Å²) in [4.78, 5) is 13.7. The molecule has 0 saturated carbocycles. The Kier molecular flexibility index (Phi) is 5.06. The Morgan fingerprint density at radius 1 is 0.935 bits per heavy atom. The summed E-state index contributed by atoms with van der Waals surface area (Å²) in [5, 5.41) is 2.09. The van der Waals surface area contributed by atoms with Crippen LogP contribution in [0, 0.1) is 12.7 Å². The van der Waals surface area contributed by atoms with Gasteiger partial charge < -0.3 is 9.72 Å². The molecule has 0 amide bonds. The van der Waals surface area contributed by atoms with Crippen LogP contribution in [0.15, 0.2) is 84.4 Å². The van der Waals surface area contributed by atoms with Gasteiger partial charge in [-0.2, -0.15) is 0 Å². The van der Waals surface area contributed by atoms with Crippen molar-refractivity contribution in [2.75, 3.05) is 0 Å². The summed E-state index contributed by atoms with van der Waals surface area (Å²) < 4.78 is 19.4. The number of halogens is 1. The molecule has 31 heavy (non-hydrogen) atoms. The number of hydrogen-bond acceptors (Lipinski definition) is 4. The number of nitrogens with zero attached hydrogens (tertiary/aromatic N) is 2. The summed E-state index contributed by atoms with van der Waals surface area (Å²) >= 11 is 1.63. The van der Waals surface area contributed by atoms with Crippen LogP contribution in [0.5, 0.6) is 11.6 Å². The Balaban J connectivity index is 1.60. The van der Waals surface area contributed by atoms with Crippen LogP contribution in [-0.4, -0.2) is 15.0 Å². The Morgan fingerprint density at radius 3 is 2.48 bits per heavy atom.